The van der Waals surface area contributed by atoms with Crippen molar-refractivity contribution in [2.75, 3.05) is 20.6 Å². The van der Waals surface area contributed by atoms with Gasteiger partial charge in [0, 0.05) is 38.8 Å². The lowest BCUT2D eigenvalue weighted by Gasteiger charge is -2.41. The summed E-state index contributed by atoms with van der Waals surface area (Å²) in [6.07, 6.45) is 3.46. The summed E-state index contributed by atoms with van der Waals surface area (Å²) in [5, 5.41) is 22.6. The molecule has 17 heteroatoms. The zero-order valence-corrected chi connectivity index (χ0v) is 44.4. The van der Waals surface area contributed by atoms with Crippen LogP contribution in [0.3, 0.4) is 0 Å². The van der Waals surface area contributed by atoms with Crippen LogP contribution in [0.15, 0.2) is 77.3 Å². The van der Waals surface area contributed by atoms with Crippen LogP contribution in [0.5, 0.6) is 0 Å². The quantitative estimate of drug-likeness (QED) is 0.0888. The second-order valence-electron chi connectivity index (χ2n) is 22.4. The van der Waals surface area contributed by atoms with Gasteiger partial charge in [-0.25, -0.2) is 0 Å². The molecule has 0 saturated carbocycles. The average Bonchev–Trinajstić information content (AvgIpc) is 4.02. The van der Waals surface area contributed by atoms with E-state index in [1.54, 1.807) is 44.7 Å². The van der Waals surface area contributed by atoms with Gasteiger partial charge in [0.1, 0.15) is 24.2 Å². The Morgan fingerprint density at radius 3 is 1.95 bits per heavy atom. The second kappa shape index (κ2) is 22.8. The van der Waals surface area contributed by atoms with Crippen molar-refractivity contribution in [2.24, 2.45) is 10.8 Å². The molecule has 3 aromatic carbocycles. The molecule has 2 aliphatic heterocycles. The van der Waals surface area contributed by atoms with Crippen molar-refractivity contribution in [3.8, 4) is 0 Å². The van der Waals surface area contributed by atoms with E-state index in [-0.39, 0.29) is 55.1 Å². The number of likely N-dealkylation sites (N-methyl/N-ethyl adjacent to an activating group) is 2. The number of nitrogens with zero attached hydrogens (tertiary/aromatic N) is 4. The molecule has 73 heavy (non-hydrogen) atoms. The van der Waals surface area contributed by atoms with Crippen LogP contribution in [0.1, 0.15) is 138 Å². The zero-order chi connectivity index (χ0) is 52.9. The van der Waals surface area contributed by atoms with Gasteiger partial charge in [0.25, 0.3) is 0 Å². The van der Waals surface area contributed by atoms with Gasteiger partial charge >= 0.3 is 0 Å². The molecule has 1 aliphatic carbocycles. The summed E-state index contributed by atoms with van der Waals surface area (Å²) in [6, 6.07) is 18.0. The first-order valence-corrected chi connectivity index (χ1v) is 25.8. The number of nitrogens with one attached hydrogen (secondary N) is 6. The molecule has 17 nitrogen and oxygen atoms in total. The lowest BCUT2D eigenvalue weighted by Crippen LogP contribution is -2.62. The molecule has 6 N–H and O–H groups in total. The molecule has 9 atom stereocenters. The first-order valence-electron chi connectivity index (χ1n) is 25.8. The van der Waals surface area contributed by atoms with E-state index in [1.165, 1.54) is 5.56 Å². The summed E-state index contributed by atoms with van der Waals surface area (Å²) in [4.78, 5) is 94.4. The highest BCUT2D eigenvalue weighted by Crippen LogP contribution is 2.38. The van der Waals surface area contributed by atoms with Crippen LogP contribution in [0, 0.1) is 17.8 Å². The molecule has 3 heterocycles. The van der Waals surface area contributed by atoms with Gasteiger partial charge in [0.15, 0.2) is 5.82 Å². The molecule has 4 aromatic rings. The fourth-order valence-electron chi connectivity index (χ4n) is 10.3. The van der Waals surface area contributed by atoms with Crippen LogP contribution >= 0.6 is 0 Å². The SMILES string of the molecule is CN[C@@H](C)C(=O)NC(C(=O)N1C[C@@H](c2ccc3c(c2)CN(C(=O)[C@@H](NC(=O)[C@H](C)NC)C(C)(C)C)[C@H](C(=O)N[C@@H](Cc2ccccc2)c2noc(C)n2)C3)C[C@H]1C(=O)N[C@@H]1CCCc2ccccc21)C(C)(C)C. The van der Waals surface area contributed by atoms with Crippen molar-refractivity contribution in [1.82, 2.24) is 51.8 Å². The lowest BCUT2D eigenvalue weighted by atomic mass is 9.83. The molecule has 0 radical (unpaired) electrons. The van der Waals surface area contributed by atoms with Gasteiger partial charge in [-0.3, -0.25) is 28.8 Å². The van der Waals surface area contributed by atoms with E-state index in [4.69, 9.17) is 4.52 Å². The molecule has 1 saturated heterocycles. The van der Waals surface area contributed by atoms with Crippen molar-refractivity contribution >= 4 is 35.4 Å². The smallest absolute Gasteiger partial charge is 0.246 e. The molecular formula is C56H76N10O7. The van der Waals surface area contributed by atoms with Crippen LogP contribution in [0.25, 0.3) is 0 Å². The molecule has 392 valence electrons. The Kier molecular flexibility index (Phi) is 16.9. The number of carbonyl (C=O) groups excluding carboxylic acids is 6. The Morgan fingerprint density at radius 2 is 1.34 bits per heavy atom. The van der Waals surface area contributed by atoms with E-state index in [1.807, 2.05) is 102 Å². The summed E-state index contributed by atoms with van der Waals surface area (Å²) in [5.41, 5.74) is 4.28. The third-order valence-corrected chi connectivity index (χ3v) is 14.9. The number of benzene rings is 3. The van der Waals surface area contributed by atoms with Crippen LogP contribution in [0.4, 0.5) is 0 Å². The highest BCUT2D eigenvalue weighted by Gasteiger charge is 2.47. The summed E-state index contributed by atoms with van der Waals surface area (Å²) in [5.74, 6) is -1.78. The van der Waals surface area contributed by atoms with E-state index < -0.39 is 64.9 Å². The monoisotopic (exact) mass is 1000 g/mol. The fraction of sp³-hybridized carbons (Fsp3) is 0.536. The second-order valence-corrected chi connectivity index (χ2v) is 22.4. The largest absolute Gasteiger partial charge is 0.347 e. The van der Waals surface area contributed by atoms with Gasteiger partial charge in [-0.05, 0) is 97.8 Å². The lowest BCUT2D eigenvalue weighted by molar-refractivity contribution is -0.147. The minimum Gasteiger partial charge on any atom is -0.347 e. The van der Waals surface area contributed by atoms with E-state index in [2.05, 4.69) is 54.2 Å². The predicted molar refractivity (Wildman–Crippen MR) is 277 cm³/mol. The number of hydrogen-bond acceptors (Lipinski definition) is 11. The van der Waals surface area contributed by atoms with Crippen LogP contribution in [0.2, 0.25) is 0 Å². The Morgan fingerprint density at radius 1 is 0.726 bits per heavy atom. The molecule has 7 rings (SSSR count). The fourth-order valence-corrected chi connectivity index (χ4v) is 10.3. The van der Waals surface area contributed by atoms with Crippen LogP contribution < -0.4 is 31.9 Å². The van der Waals surface area contributed by atoms with E-state index in [0.29, 0.717) is 24.6 Å². The Hall–Kier alpha value is -6.46. The molecule has 1 fully saturated rings. The van der Waals surface area contributed by atoms with Gasteiger partial charge in [-0.1, -0.05) is 119 Å². The van der Waals surface area contributed by atoms with Gasteiger partial charge in [0.2, 0.25) is 41.3 Å². The first kappa shape index (κ1) is 54.3. The summed E-state index contributed by atoms with van der Waals surface area (Å²) >= 11 is 0. The molecular weight excluding hydrogens is 925 g/mol. The maximum atomic E-state index is 15.2. The number of amides is 6. The predicted octanol–water partition coefficient (Wildman–Crippen LogP) is 4.89. The van der Waals surface area contributed by atoms with Crippen molar-refractivity contribution in [3.05, 3.63) is 118 Å². The minimum atomic E-state index is -1.01. The van der Waals surface area contributed by atoms with Crippen LogP contribution in [-0.4, -0.2) is 112 Å². The normalized spacial score (nSPS) is 20.9. The maximum absolute atomic E-state index is 15.2. The number of aromatic nitrogens is 2. The van der Waals surface area contributed by atoms with Crippen molar-refractivity contribution in [2.45, 2.75) is 162 Å². The summed E-state index contributed by atoms with van der Waals surface area (Å²) in [7, 11) is 3.36. The van der Waals surface area contributed by atoms with Crippen molar-refractivity contribution < 1.29 is 33.3 Å². The minimum absolute atomic E-state index is 0.0386. The van der Waals surface area contributed by atoms with Gasteiger partial charge in [-0.2, -0.15) is 4.98 Å². The number of carbonyl (C=O) groups is 6. The third-order valence-electron chi connectivity index (χ3n) is 14.9. The number of hydrogen-bond donors (Lipinski definition) is 6. The van der Waals surface area contributed by atoms with Crippen molar-refractivity contribution in [3.63, 3.8) is 0 Å². The number of fused-ring (bicyclic) bond motifs is 2. The molecule has 3 aliphatic rings. The van der Waals surface area contributed by atoms with E-state index in [9.17, 15) is 19.2 Å². The number of rotatable bonds is 16. The Labute approximate surface area is 430 Å². The molecule has 1 aromatic heterocycles. The molecule has 6 amide bonds. The summed E-state index contributed by atoms with van der Waals surface area (Å²) in [6.45, 7) is 16.7. The zero-order valence-electron chi connectivity index (χ0n) is 44.4. The van der Waals surface area contributed by atoms with Gasteiger partial charge in [0.05, 0.1) is 24.2 Å². The number of aryl methyl sites for hydroxylation is 2. The molecule has 0 bridgehead atoms. The van der Waals surface area contributed by atoms with Crippen LogP contribution in [-0.2, 0) is 54.6 Å². The molecule has 1 unspecified atom stereocenters. The summed E-state index contributed by atoms with van der Waals surface area (Å²) < 4.78 is 5.36. The van der Waals surface area contributed by atoms with E-state index >= 15 is 9.59 Å². The molecule has 0 spiro atoms. The Bertz CT molecular complexity index is 2640. The number of likely N-dealkylation sites (tertiary alicyclic amines) is 1. The standard InChI is InChI=1S/C56H76N10O7/c1-32(57-10)49(67)62-46(55(4,5)6)53(71)65-30-39-27-37(24-25-38(39)28-44(65)52(70)61-43(48-59-34(3)73-64-48)26-35-18-13-12-14-19-35)40-29-45(51(69)60-42-23-17-21-36-20-15-16-22-41(36)42)66(31-40)54(72)47(56(7,8)9)63-50(68)33(2)58-11/h12-16,18-20,22,24-25,27,32-33,40,42-47,57-58H,17,21,23,26,28-31H2,1-11H3,(H,60,69)(H,61,70)(H,62,67)(H,63,68)/t32-,33-,40-,42+,43-,44-,45-,46+,47?/m0/s1. The highest BCUT2D eigenvalue weighted by molar-refractivity contribution is 5.95. The highest BCUT2D eigenvalue weighted by atomic mass is 16.5. The van der Waals surface area contributed by atoms with Crippen molar-refractivity contribution in [1.29, 1.82) is 0 Å². The maximum Gasteiger partial charge on any atom is 0.246 e. The first-order chi connectivity index (χ1) is 34.6. The average molecular weight is 1000 g/mol. The Balaban J connectivity index is 1.24. The third kappa shape index (κ3) is 12.7. The van der Waals surface area contributed by atoms with Gasteiger partial charge < -0.3 is 46.2 Å². The van der Waals surface area contributed by atoms with Gasteiger partial charge in [-0.15, -0.1) is 0 Å². The topological polar surface area (TPSA) is 220 Å². The van der Waals surface area contributed by atoms with E-state index in [0.717, 1.165) is 47.1 Å².